The predicted octanol–water partition coefficient (Wildman–Crippen LogP) is -1.33. The molecule has 0 atom stereocenters. The Kier molecular flexibility index (Phi) is 12.2. The van der Waals surface area contributed by atoms with Gasteiger partial charge in [0.1, 0.15) is 0 Å². The maximum absolute atomic E-state index is 3.15. The first-order valence-corrected chi connectivity index (χ1v) is 5.48. The first kappa shape index (κ1) is 13.0. The maximum Gasteiger partial charge on any atom is 0.167 e. The van der Waals surface area contributed by atoms with E-state index in [4.69, 9.17) is 0 Å². The van der Waals surface area contributed by atoms with Crippen LogP contribution in [0.15, 0.2) is 0 Å². The normalized spacial score (nSPS) is 8.00. The summed E-state index contributed by atoms with van der Waals surface area (Å²) >= 11 is 0. The zero-order valence-corrected chi connectivity index (χ0v) is 9.31. The van der Waals surface area contributed by atoms with Crippen LogP contribution in [0, 0.1) is 11.8 Å². The van der Waals surface area contributed by atoms with Crippen molar-refractivity contribution >= 4 is 10.9 Å². The maximum atomic E-state index is 3.15. The van der Waals surface area contributed by atoms with Crippen LogP contribution < -0.4 is 17.0 Å². The van der Waals surface area contributed by atoms with Crippen LogP contribution in [0.4, 0.5) is 0 Å². The standard InChI is InChI=1S/C8H15S.BrH/c1-4-5-6-7-8-9(2)3;/h4-5,8H2,1-3H3;1H/q+1;/p-1. The third-order valence-electron chi connectivity index (χ3n) is 0.861. The van der Waals surface area contributed by atoms with Crippen molar-refractivity contribution < 1.29 is 17.0 Å². The van der Waals surface area contributed by atoms with Gasteiger partial charge in [-0.25, -0.2) is 0 Å². The molecule has 0 heterocycles. The molecule has 0 spiro atoms. The predicted molar refractivity (Wildman–Crippen MR) is 46.8 cm³/mol. The summed E-state index contributed by atoms with van der Waals surface area (Å²) in [6, 6.07) is 0. The number of hydrogen-bond acceptors (Lipinski definition) is 0. The van der Waals surface area contributed by atoms with Gasteiger partial charge in [0, 0.05) is 6.42 Å². The summed E-state index contributed by atoms with van der Waals surface area (Å²) in [7, 11) is 0.507. The minimum absolute atomic E-state index is 0. The third-order valence-corrected chi connectivity index (χ3v) is 1.58. The molecule has 0 fully saturated rings. The highest BCUT2D eigenvalue weighted by molar-refractivity contribution is 7.95. The lowest BCUT2D eigenvalue weighted by atomic mass is 10.3. The fourth-order valence-corrected chi connectivity index (χ4v) is 0.799. The van der Waals surface area contributed by atoms with Gasteiger partial charge in [0.05, 0.1) is 12.5 Å². The van der Waals surface area contributed by atoms with E-state index in [0.717, 1.165) is 12.2 Å². The second kappa shape index (κ2) is 9.39. The largest absolute Gasteiger partial charge is 1.00 e. The minimum atomic E-state index is 0. The molecular weight excluding hydrogens is 208 g/mol. The Balaban J connectivity index is 0. The quantitative estimate of drug-likeness (QED) is 0.402. The average molecular weight is 223 g/mol. The summed E-state index contributed by atoms with van der Waals surface area (Å²) in [6.07, 6.45) is 6.70. The lowest BCUT2D eigenvalue weighted by molar-refractivity contribution is -0.00000211. The van der Waals surface area contributed by atoms with Crippen LogP contribution in [0.5, 0.6) is 0 Å². The van der Waals surface area contributed by atoms with Crippen LogP contribution in [0.3, 0.4) is 0 Å². The highest BCUT2D eigenvalue weighted by Gasteiger charge is 1.94. The van der Waals surface area contributed by atoms with Gasteiger partial charge in [0.25, 0.3) is 0 Å². The zero-order valence-electron chi connectivity index (χ0n) is 6.91. The van der Waals surface area contributed by atoms with E-state index in [2.05, 4.69) is 31.3 Å². The molecule has 0 nitrogen and oxygen atoms in total. The van der Waals surface area contributed by atoms with E-state index in [9.17, 15) is 0 Å². The second-order valence-electron chi connectivity index (χ2n) is 2.23. The Labute approximate surface area is 77.9 Å². The van der Waals surface area contributed by atoms with E-state index in [1.807, 2.05) is 0 Å². The van der Waals surface area contributed by atoms with Gasteiger partial charge < -0.3 is 17.0 Å². The molecule has 0 saturated carbocycles. The molecule has 0 unspecified atom stereocenters. The van der Waals surface area contributed by atoms with Gasteiger partial charge in [-0.3, -0.25) is 0 Å². The molecule has 0 aliphatic rings. The monoisotopic (exact) mass is 222 g/mol. The zero-order chi connectivity index (χ0) is 7.11. The first-order chi connectivity index (χ1) is 4.27. The minimum Gasteiger partial charge on any atom is -1.00 e. The fourth-order valence-electron chi connectivity index (χ4n) is 0.409. The van der Waals surface area contributed by atoms with Gasteiger partial charge in [-0.1, -0.05) is 12.8 Å². The van der Waals surface area contributed by atoms with Crippen molar-refractivity contribution in [2.75, 3.05) is 18.3 Å². The Bertz CT molecular complexity index is 110. The van der Waals surface area contributed by atoms with Crippen molar-refractivity contribution in [2.45, 2.75) is 19.8 Å². The molecule has 0 aromatic carbocycles. The van der Waals surface area contributed by atoms with Gasteiger partial charge in [0.2, 0.25) is 0 Å². The van der Waals surface area contributed by atoms with Crippen molar-refractivity contribution in [1.82, 2.24) is 0 Å². The molecule has 0 saturated heterocycles. The molecule has 0 aromatic heterocycles. The van der Waals surface area contributed by atoms with Crippen LogP contribution >= 0.6 is 0 Å². The van der Waals surface area contributed by atoms with E-state index in [1.165, 1.54) is 6.42 Å². The van der Waals surface area contributed by atoms with E-state index in [0.29, 0.717) is 10.9 Å². The topological polar surface area (TPSA) is 0 Å². The summed E-state index contributed by atoms with van der Waals surface area (Å²) in [5, 5.41) is 0. The first-order valence-electron chi connectivity index (χ1n) is 3.27. The molecule has 0 aliphatic carbocycles. The fraction of sp³-hybridized carbons (Fsp3) is 0.750. The van der Waals surface area contributed by atoms with E-state index >= 15 is 0 Å². The lowest BCUT2D eigenvalue weighted by Gasteiger charge is -1.83. The molecule has 0 amide bonds. The third kappa shape index (κ3) is 11.2. The van der Waals surface area contributed by atoms with Gasteiger partial charge in [-0.05, 0) is 23.2 Å². The smallest absolute Gasteiger partial charge is 0.167 e. The number of unbranched alkanes of at least 4 members (excludes halogenated alkanes) is 1. The van der Waals surface area contributed by atoms with Crippen LogP contribution in [-0.4, -0.2) is 18.3 Å². The van der Waals surface area contributed by atoms with E-state index in [-0.39, 0.29) is 17.0 Å². The van der Waals surface area contributed by atoms with E-state index in [1.54, 1.807) is 0 Å². The lowest BCUT2D eigenvalue weighted by Crippen LogP contribution is -3.00. The molecule has 0 aromatic rings. The van der Waals surface area contributed by atoms with Gasteiger partial charge in [-0.2, -0.15) is 0 Å². The Hall–Kier alpha value is 0.390. The SMILES string of the molecule is CCCC#CC[S+](C)C.[Br-]. The summed E-state index contributed by atoms with van der Waals surface area (Å²) in [4.78, 5) is 0. The van der Waals surface area contributed by atoms with Crippen LogP contribution in [0.2, 0.25) is 0 Å². The average Bonchev–Trinajstić information content (AvgIpc) is 1.80. The number of rotatable bonds is 2. The summed E-state index contributed by atoms with van der Waals surface area (Å²) in [5.74, 6) is 7.35. The molecule has 0 N–H and O–H groups in total. The molecule has 60 valence electrons. The summed E-state index contributed by atoms with van der Waals surface area (Å²) in [5.41, 5.74) is 0. The van der Waals surface area contributed by atoms with Gasteiger partial charge >= 0.3 is 0 Å². The molecule has 0 aliphatic heterocycles. The highest BCUT2D eigenvalue weighted by Crippen LogP contribution is 1.83. The Morgan fingerprint density at radius 3 is 2.20 bits per heavy atom. The van der Waals surface area contributed by atoms with Crippen LogP contribution in [0.1, 0.15) is 19.8 Å². The second-order valence-corrected chi connectivity index (χ2v) is 4.49. The Morgan fingerprint density at radius 1 is 1.20 bits per heavy atom. The molecule has 10 heavy (non-hydrogen) atoms. The van der Waals surface area contributed by atoms with Crippen molar-refractivity contribution in [3.05, 3.63) is 0 Å². The van der Waals surface area contributed by atoms with Gasteiger partial charge in [0.15, 0.2) is 5.75 Å². The van der Waals surface area contributed by atoms with Crippen molar-refractivity contribution in [3.8, 4) is 11.8 Å². The van der Waals surface area contributed by atoms with Crippen molar-refractivity contribution in [3.63, 3.8) is 0 Å². The highest BCUT2D eigenvalue weighted by atomic mass is 79.9. The molecule has 0 radical (unpaired) electrons. The van der Waals surface area contributed by atoms with Crippen LogP contribution in [0.25, 0.3) is 0 Å². The van der Waals surface area contributed by atoms with Crippen molar-refractivity contribution in [1.29, 1.82) is 0 Å². The summed E-state index contributed by atoms with van der Waals surface area (Å²) in [6.45, 7) is 2.16. The summed E-state index contributed by atoms with van der Waals surface area (Å²) < 4.78 is 0. The van der Waals surface area contributed by atoms with E-state index < -0.39 is 0 Å². The number of halogens is 1. The molecule has 0 bridgehead atoms. The van der Waals surface area contributed by atoms with Crippen molar-refractivity contribution in [2.24, 2.45) is 0 Å². The van der Waals surface area contributed by atoms with Crippen LogP contribution in [-0.2, 0) is 10.9 Å². The van der Waals surface area contributed by atoms with Gasteiger partial charge in [-0.15, -0.1) is 0 Å². The Morgan fingerprint density at radius 2 is 1.80 bits per heavy atom. The molecule has 2 heteroatoms. The molecule has 0 rings (SSSR count). The number of hydrogen-bond donors (Lipinski definition) is 0. The molecular formula is C8H15BrS.